The first-order chi connectivity index (χ1) is 11.8. The van der Waals surface area contributed by atoms with E-state index in [9.17, 15) is 4.79 Å². The Morgan fingerprint density at radius 2 is 2.08 bits per heavy atom. The average molecular weight is 347 g/mol. The summed E-state index contributed by atoms with van der Waals surface area (Å²) in [5, 5.41) is 5.40. The number of carbonyl (C=O) groups excluding carboxylic acids is 1. The Labute approximate surface area is 145 Å². The Balaban J connectivity index is 1.39. The quantitative estimate of drug-likeness (QED) is 0.779. The largest absolute Gasteiger partial charge is 0.431 e. The highest BCUT2D eigenvalue weighted by Crippen LogP contribution is 2.23. The second-order valence-electron chi connectivity index (χ2n) is 5.49. The maximum absolute atomic E-state index is 12.1. The molecule has 1 aliphatic rings. The minimum absolute atomic E-state index is 0.0576. The fourth-order valence-electron chi connectivity index (χ4n) is 2.47. The summed E-state index contributed by atoms with van der Waals surface area (Å²) in [4.78, 5) is 18.6. The number of hydrogen-bond acceptors (Lipinski definition) is 6. The summed E-state index contributed by atoms with van der Waals surface area (Å²) in [5.74, 6) is 0.617. The first-order valence-corrected chi connectivity index (χ1v) is 8.95. The van der Waals surface area contributed by atoms with Crippen molar-refractivity contribution in [2.45, 2.75) is 6.42 Å². The summed E-state index contributed by atoms with van der Waals surface area (Å²) >= 11 is 1.43. The lowest BCUT2D eigenvalue weighted by Gasteiger charge is -2.26. The van der Waals surface area contributed by atoms with Gasteiger partial charge in [0, 0.05) is 36.8 Å². The second-order valence-corrected chi connectivity index (χ2v) is 6.35. The molecule has 0 radical (unpaired) electrons. The molecular weight excluding hydrogens is 326 g/mol. The van der Waals surface area contributed by atoms with Crippen molar-refractivity contribution >= 4 is 17.2 Å². The first kappa shape index (κ1) is 16.9. The fourth-order valence-corrected chi connectivity index (χ4v) is 2.97. The van der Waals surface area contributed by atoms with Crippen LogP contribution in [0.15, 0.2) is 35.8 Å². The molecule has 0 saturated carbocycles. The molecule has 0 bridgehead atoms. The minimum atomic E-state index is -0.0576. The van der Waals surface area contributed by atoms with Crippen molar-refractivity contribution in [1.29, 1.82) is 0 Å². The smallest absolute Gasteiger partial charge is 0.278 e. The van der Waals surface area contributed by atoms with Crippen molar-refractivity contribution in [3.63, 3.8) is 0 Å². The Hall–Kier alpha value is -1.96. The first-order valence-electron chi connectivity index (χ1n) is 8.07. The van der Waals surface area contributed by atoms with Gasteiger partial charge in [0.2, 0.25) is 0 Å². The topological polar surface area (TPSA) is 63.7 Å². The Morgan fingerprint density at radius 1 is 1.29 bits per heavy atom. The van der Waals surface area contributed by atoms with E-state index in [0.717, 1.165) is 39.3 Å². The van der Waals surface area contributed by atoms with Gasteiger partial charge in [0.05, 0.1) is 13.2 Å². The average Bonchev–Trinajstić information content (AvgIpc) is 3.13. The zero-order valence-electron chi connectivity index (χ0n) is 13.4. The lowest BCUT2D eigenvalue weighted by molar-refractivity contribution is 0.0374. The van der Waals surface area contributed by atoms with Gasteiger partial charge in [0.1, 0.15) is 5.75 Å². The molecular formula is C17H21N3O3S. The van der Waals surface area contributed by atoms with Gasteiger partial charge in [-0.3, -0.25) is 9.69 Å². The van der Waals surface area contributed by atoms with Crippen LogP contribution in [0.5, 0.6) is 10.9 Å². The molecule has 2 aromatic rings. The summed E-state index contributed by atoms with van der Waals surface area (Å²) in [6.07, 6.45) is 2.63. The van der Waals surface area contributed by atoms with Crippen LogP contribution in [0, 0.1) is 0 Å². The van der Waals surface area contributed by atoms with Gasteiger partial charge in [0.25, 0.3) is 11.1 Å². The van der Waals surface area contributed by atoms with E-state index in [2.05, 4.69) is 15.2 Å². The standard InChI is InChI=1S/C17H21N3O3S/c21-16(18-6-1-8-20-9-11-22-12-10-20)14-2-4-15(5-3-14)23-17-19-7-13-24-17/h2-5,7,13H,1,6,8-12H2,(H,18,21). The zero-order chi connectivity index (χ0) is 16.6. The molecule has 0 spiro atoms. The summed E-state index contributed by atoms with van der Waals surface area (Å²) in [6.45, 7) is 5.24. The van der Waals surface area contributed by atoms with Crippen LogP contribution in [0.3, 0.4) is 0 Å². The summed E-state index contributed by atoms with van der Waals surface area (Å²) in [7, 11) is 0. The van der Waals surface area contributed by atoms with E-state index < -0.39 is 0 Å². The van der Waals surface area contributed by atoms with Gasteiger partial charge in [-0.1, -0.05) is 11.3 Å². The molecule has 24 heavy (non-hydrogen) atoms. The Morgan fingerprint density at radius 3 is 2.79 bits per heavy atom. The summed E-state index contributed by atoms with van der Waals surface area (Å²) in [6, 6.07) is 7.09. The molecule has 1 amide bonds. The van der Waals surface area contributed by atoms with Crippen LogP contribution in [0.25, 0.3) is 0 Å². The van der Waals surface area contributed by atoms with Crippen LogP contribution in [0.4, 0.5) is 0 Å². The molecule has 0 aliphatic carbocycles. The summed E-state index contributed by atoms with van der Waals surface area (Å²) in [5.41, 5.74) is 0.632. The molecule has 3 rings (SSSR count). The molecule has 2 heterocycles. The number of benzene rings is 1. The van der Waals surface area contributed by atoms with Crippen molar-refractivity contribution in [2.75, 3.05) is 39.4 Å². The van der Waals surface area contributed by atoms with Gasteiger partial charge in [-0.15, -0.1) is 0 Å². The molecule has 6 nitrogen and oxygen atoms in total. The zero-order valence-corrected chi connectivity index (χ0v) is 14.3. The molecule has 1 saturated heterocycles. The Bertz CT molecular complexity index is 625. The molecule has 1 aliphatic heterocycles. The number of carbonyl (C=O) groups is 1. The van der Waals surface area contributed by atoms with Crippen LogP contribution >= 0.6 is 11.3 Å². The Kier molecular flexibility index (Phi) is 6.17. The molecule has 1 aromatic heterocycles. The van der Waals surface area contributed by atoms with Gasteiger partial charge >= 0.3 is 0 Å². The van der Waals surface area contributed by atoms with Crippen molar-refractivity contribution in [3.8, 4) is 10.9 Å². The minimum Gasteiger partial charge on any atom is -0.431 e. The van der Waals surface area contributed by atoms with E-state index in [1.54, 1.807) is 30.5 Å². The van der Waals surface area contributed by atoms with Crippen molar-refractivity contribution in [3.05, 3.63) is 41.4 Å². The van der Waals surface area contributed by atoms with Crippen LogP contribution in [-0.2, 0) is 4.74 Å². The lowest BCUT2D eigenvalue weighted by atomic mass is 10.2. The lowest BCUT2D eigenvalue weighted by Crippen LogP contribution is -2.38. The van der Waals surface area contributed by atoms with Crippen LogP contribution in [0.2, 0.25) is 0 Å². The number of amides is 1. The monoisotopic (exact) mass is 347 g/mol. The summed E-state index contributed by atoms with van der Waals surface area (Å²) < 4.78 is 10.9. The van der Waals surface area contributed by atoms with E-state index in [4.69, 9.17) is 9.47 Å². The van der Waals surface area contributed by atoms with Crippen molar-refractivity contribution < 1.29 is 14.3 Å². The highest BCUT2D eigenvalue weighted by Gasteiger charge is 2.10. The third kappa shape index (κ3) is 5.02. The number of ether oxygens (including phenoxy) is 2. The van der Waals surface area contributed by atoms with Gasteiger partial charge in [-0.05, 0) is 37.2 Å². The van der Waals surface area contributed by atoms with Crippen LogP contribution in [0.1, 0.15) is 16.8 Å². The molecule has 128 valence electrons. The van der Waals surface area contributed by atoms with Gasteiger partial charge in [-0.2, -0.15) is 0 Å². The number of morpholine rings is 1. The van der Waals surface area contributed by atoms with Crippen LogP contribution in [-0.4, -0.2) is 55.2 Å². The van der Waals surface area contributed by atoms with Gasteiger partial charge < -0.3 is 14.8 Å². The molecule has 0 unspecified atom stereocenters. The van der Waals surface area contributed by atoms with Gasteiger partial charge in [0.15, 0.2) is 0 Å². The highest BCUT2D eigenvalue weighted by atomic mass is 32.1. The number of nitrogens with one attached hydrogen (secondary N) is 1. The highest BCUT2D eigenvalue weighted by molar-refractivity contribution is 7.11. The second kappa shape index (κ2) is 8.77. The van der Waals surface area contributed by atoms with E-state index in [0.29, 0.717) is 23.1 Å². The molecule has 0 atom stereocenters. The number of nitrogens with zero attached hydrogens (tertiary/aromatic N) is 2. The van der Waals surface area contributed by atoms with Crippen molar-refractivity contribution in [1.82, 2.24) is 15.2 Å². The van der Waals surface area contributed by atoms with Crippen LogP contribution < -0.4 is 10.1 Å². The fraction of sp³-hybridized carbons (Fsp3) is 0.412. The predicted molar refractivity (Wildman–Crippen MR) is 92.8 cm³/mol. The molecule has 7 heteroatoms. The number of hydrogen-bond donors (Lipinski definition) is 1. The molecule has 1 fully saturated rings. The third-order valence-corrected chi connectivity index (χ3v) is 4.42. The number of thiazole rings is 1. The molecule has 1 aromatic carbocycles. The molecule has 1 N–H and O–H groups in total. The van der Waals surface area contributed by atoms with Gasteiger partial charge in [-0.25, -0.2) is 4.98 Å². The van der Waals surface area contributed by atoms with E-state index >= 15 is 0 Å². The number of rotatable bonds is 7. The SMILES string of the molecule is O=C(NCCCN1CCOCC1)c1ccc(Oc2nccs2)cc1. The van der Waals surface area contributed by atoms with Crippen molar-refractivity contribution in [2.24, 2.45) is 0 Å². The third-order valence-electron chi connectivity index (χ3n) is 3.77. The van der Waals surface area contributed by atoms with E-state index in [1.165, 1.54) is 11.3 Å². The van der Waals surface area contributed by atoms with E-state index in [1.807, 2.05) is 5.38 Å². The predicted octanol–water partition coefficient (Wildman–Crippen LogP) is 2.39. The number of aromatic nitrogens is 1. The normalized spacial score (nSPS) is 15.2. The van der Waals surface area contributed by atoms with E-state index in [-0.39, 0.29) is 5.91 Å². The maximum Gasteiger partial charge on any atom is 0.278 e. The maximum atomic E-state index is 12.1.